The van der Waals surface area contributed by atoms with E-state index in [0.717, 1.165) is 11.3 Å². The van der Waals surface area contributed by atoms with Gasteiger partial charge in [-0.2, -0.15) is 0 Å². The van der Waals surface area contributed by atoms with Gasteiger partial charge in [-0.3, -0.25) is 0 Å². The van der Waals surface area contributed by atoms with Crippen LogP contribution in [0.2, 0.25) is 0 Å². The van der Waals surface area contributed by atoms with E-state index in [9.17, 15) is 4.39 Å². The maximum absolute atomic E-state index is 13.6. The molecule has 0 radical (unpaired) electrons. The number of fused-ring (bicyclic) bond motifs is 1. The van der Waals surface area contributed by atoms with Crippen molar-refractivity contribution >= 4 is 5.69 Å². The number of hydrogen-bond acceptors (Lipinski definition) is 2. The Labute approximate surface area is 112 Å². The van der Waals surface area contributed by atoms with Gasteiger partial charge in [0.2, 0.25) is 0 Å². The first-order valence-electron chi connectivity index (χ1n) is 6.46. The number of para-hydroxylation sites is 1. The van der Waals surface area contributed by atoms with Crippen molar-refractivity contribution in [2.45, 2.75) is 12.8 Å². The monoisotopic (exact) mass is 257 g/mol. The smallest absolute Gasteiger partial charge is 0.146 e. The quantitative estimate of drug-likeness (QED) is 0.904. The number of rotatable bonds is 3. The van der Waals surface area contributed by atoms with Crippen LogP contribution in [-0.2, 0) is 0 Å². The Morgan fingerprint density at radius 3 is 3.00 bits per heavy atom. The summed E-state index contributed by atoms with van der Waals surface area (Å²) in [5.74, 6) is 1.01. The first-order valence-corrected chi connectivity index (χ1v) is 6.46. The largest absolute Gasteiger partial charge is 0.493 e. The molecule has 0 aromatic heterocycles. The molecule has 1 unspecified atom stereocenters. The molecule has 0 saturated heterocycles. The summed E-state index contributed by atoms with van der Waals surface area (Å²) in [4.78, 5) is 0. The minimum absolute atomic E-state index is 0.210. The van der Waals surface area contributed by atoms with Gasteiger partial charge in [0.25, 0.3) is 0 Å². The molecule has 19 heavy (non-hydrogen) atoms. The summed E-state index contributed by atoms with van der Waals surface area (Å²) in [6.45, 7) is 3.29. The fourth-order valence-corrected chi connectivity index (χ4v) is 2.41. The molecule has 2 aromatic carbocycles. The average Bonchev–Trinajstić information content (AvgIpc) is 2.83. The van der Waals surface area contributed by atoms with Crippen LogP contribution in [0.4, 0.5) is 10.1 Å². The molecule has 0 saturated carbocycles. The Kier molecular flexibility index (Phi) is 3.11. The van der Waals surface area contributed by atoms with Crippen molar-refractivity contribution in [3.8, 4) is 5.75 Å². The summed E-state index contributed by atoms with van der Waals surface area (Å²) in [6, 6.07) is 13.1. The Morgan fingerprint density at radius 1 is 1.26 bits per heavy atom. The molecule has 1 aliphatic rings. The van der Waals surface area contributed by atoms with Crippen molar-refractivity contribution < 1.29 is 9.13 Å². The van der Waals surface area contributed by atoms with Gasteiger partial charge in [-0.25, -0.2) is 4.39 Å². The van der Waals surface area contributed by atoms with Crippen LogP contribution >= 0.6 is 0 Å². The van der Waals surface area contributed by atoms with Crippen LogP contribution in [0.1, 0.15) is 17.0 Å². The van der Waals surface area contributed by atoms with E-state index in [0.29, 0.717) is 18.8 Å². The third kappa shape index (κ3) is 2.41. The Hall–Kier alpha value is -2.03. The van der Waals surface area contributed by atoms with Crippen molar-refractivity contribution in [3.63, 3.8) is 0 Å². The van der Waals surface area contributed by atoms with E-state index in [1.807, 2.05) is 31.2 Å². The molecule has 3 rings (SSSR count). The van der Waals surface area contributed by atoms with E-state index >= 15 is 0 Å². The van der Waals surface area contributed by atoms with E-state index in [4.69, 9.17) is 4.74 Å². The van der Waals surface area contributed by atoms with Crippen LogP contribution < -0.4 is 10.1 Å². The van der Waals surface area contributed by atoms with Gasteiger partial charge >= 0.3 is 0 Å². The average molecular weight is 257 g/mol. The normalized spacial score (nSPS) is 16.8. The number of ether oxygens (including phenoxy) is 1. The zero-order chi connectivity index (χ0) is 13.2. The summed E-state index contributed by atoms with van der Waals surface area (Å²) >= 11 is 0. The molecule has 1 atom stereocenters. The van der Waals surface area contributed by atoms with Gasteiger partial charge < -0.3 is 10.1 Å². The van der Waals surface area contributed by atoms with E-state index < -0.39 is 0 Å². The Morgan fingerprint density at radius 2 is 2.11 bits per heavy atom. The second-order valence-electron chi connectivity index (χ2n) is 4.91. The number of aryl methyl sites for hydroxylation is 1. The molecule has 0 aliphatic carbocycles. The standard InChI is InChI=1S/C16H16FNO/c1-11-6-7-14(17)15(8-11)18-9-12-10-19-16-5-3-2-4-13(12)16/h2-8,12,18H,9-10H2,1H3. The van der Waals surface area contributed by atoms with E-state index in [2.05, 4.69) is 11.4 Å². The van der Waals surface area contributed by atoms with Gasteiger partial charge in [-0.15, -0.1) is 0 Å². The maximum Gasteiger partial charge on any atom is 0.146 e. The maximum atomic E-state index is 13.6. The predicted octanol–water partition coefficient (Wildman–Crippen LogP) is 3.72. The molecule has 0 amide bonds. The molecule has 1 aliphatic heterocycles. The van der Waals surface area contributed by atoms with E-state index in [1.165, 1.54) is 11.6 Å². The Balaban J connectivity index is 1.72. The summed E-state index contributed by atoms with van der Waals surface area (Å²) < 4.78 is 19.3. The predicted molar refractivity (Wildman–Crippen MR) is 74.3 cm³/mol. The number of halogens is 1. The van der Waals surface area contributed by atoms with Gasteiger partial charge in [0.1, 0.15) is 11.6 Å². The zero-order valence-corrected chi connectivity index (χ0v) is 10.8. The molecule has 98 valence electrons. The van der Waals surface area contributed by atoms with Crippen LogP contribution in [0.3, 0.4) is 0 Å². The van der Waals surface area contributed by atoms with Crippen molar-refractivity contribution in [2.75, 3.05) is 18.5 Å². The third-order valence-electron chi connectivity index (χ3n) is 3.46. The lowest BCUT2D eigenvalue weighted by atomic mass is 10.0. The van der Waals surface area contributed by atoms with Crippen molar-refractivity contribution in [1.82, 2.24) is 0 Å². The van der Waals surface area contributed by atoms with Gasteiger partial charge in [-0.1, -0.05) is 24.3 Å². The molecule has 0 spiro atoms. The molecule has 3 heteroatoms. The van der Waals surface area contributed by atoms with Crippen molar-refractivity contribution in [1.29, 1.82) is 0 Å². The van der Waals surface area contributed by atoms with Crippen LogP contribution in [0.5, 0.6) is 5.75 Å². The SMILES string of the molecule is Cc1ccc(F)c(NCC2COc3ccccc32)c1. The number of nitrogens with one attached hydrogen (secondary N) is 1. The van der Waals surface area contributed by atoms with E-state index in [1.54, 1.807) is 6.07 Å². The fraction of sp³-hybridized carbons (Fsp3) is 0.250. The van der Waals surface area contributed by atoms with Crippen molar-refractivity contribution in [3.05, 3.63) is 59.4 Å². The number of benzene rings is 2. The number of anilines is 1. The van der Waals surface area contributed by atoms with Gasteiger partial charge in [0.05, 0.1) is 12.3 Å². The van der Waals surface area contributed by atoms with E-state index in [-0.39, 0.29) is 11.7 Å². The van der Waals surface area contributed by atoms with Crippen LogP contribution in [0.25, 0.3) is 0 Å². The minimum atomic E-state index is -0.210. The first-order chi connectivity index (χ1) is 9.24. The molecule has 1 heterocycles. The molecule has 0 fully saturated rings. The zero-order valence-electron chi connectivity index (χ0n) is 10.8. The second-order valence-corrected chi connectivity index (χ2v) is 4.91. The highest BCUT2D eigenvalue weighted by Gasteiger charge is 2.23. The molecule has 2 nitrogen and oxygen atoms in total. The molecule has 2 aromatic rings. The first kappa shape index (κ1) is 12.0. The molecule has 1 N–H and O–H groups in total. The summed E-state index contributed by atoms with van der Waals surface area (Å²) in [5.41, 5.74) is 2.81. The highest BCUT2D eigenvalue weighted by atomic mass is 19.1. The highest BCUT2D eigenvalue weighted by molar-refractivity contribution is 5.48. The van der Waals surface area contributed by atoms with Crippen LogP contribution in [-0.4, -0.2) is 13.2 Å². The summed E-state index contributed by atoms with van der Waals surface area (Å²) in [6.07, 6.45) is 0. The third-order valence-corrected chi connectivity index (χ3v) is 3.46. The summed E-state index contributed by atoms with van der Waals surface area (Å²) in [5, 5.41) is 3.18. The van der Waals surface area contributed by atoms with Crippen molar-refractivity contribution in [2.24, 2.45) is 0 Å². The lowest BCUT2D eigenvalue weighted by molar-refractivity contribution is 0.334. The second kappa shape index (κ2) is 4.92. The lowest BCUT2D eigenvalue weighted by Gasteiger charge is -2.12. The minimum Gasteiger partial charge on any atom is -0.493 e. The lowest BCUT2D eigenvalue weighted by Crippen LogP contribution is -2.14. The molecule has 0 bridgehead atoms. The molecular formula is C16H16FNO. The molecular weight excluding hydrogens is 241 g/mol. The van der Waals surface area contributed by atoms with Gasteiger partial charge in [0.15, 0.2) is 0 Å². The summed E-state index contributed by atoms with van der Waals surface area (Å²) in [7, 11) is 0. The highest BCUT2D eigenvalue weighted by Crippen LogP contribution is 2.33. The Bertz CT molecular complexity index is 597. The fourth-order valence-electron chi connectivity index (χ4n) is 2.41. The van der Waals surface area contributed by atoms with Crippen LogP contribution in [0, 0.1) is 12.7 Å². The number of hydrogen-bond donors (Lipinski definition) is 1. The van der Waals surface area contributed by atoms with Gasteiger partial charge in [0, 0.05) is 18.0 Å². The van der Waals surface area contributed by atoms with Crippen LogP contribution in [0.15, 0.2) is 42.5 Å². The topological polar surface area (TPSA) is 21.3 Å². The van der Waals surface area contributed by atoms with Gasteiger partial charge in [-0.05, 0) is 30.7 Å².